The van der Waals surface area contributed by atoms with Crippen molar-refractivity contribution in [2.45, 2.75) is 31.8 Å². The van der Waals surface area contributed by atoms with Crippen molar-refractivity contribution in [1.82, 2.24) is 0 Å². The number of cyclic esters (lactones) is 1. The molecule has 0 aromatic heterocycles. The minimum atomic E-state index is -0.716. The number of hydrogen-bond donors (Lipinski definition) is 0. The standard InChI is InChI=1S/C8H14O3S/c1-3-4-5-10-8(2)11-7(9)6-12-8/h3-6H2,1-2H3. The maximum Gasteiger partial charge on any atom is 0.319 e. The highest BCUT2D eigenvalue weighted by Gasteiger charge is 2.37. The van der Waals surface area contributed by atoms with Crippen molar-refractivity contribution < 1.29 is 14.3 Å². The molecule has 0 radical (unpaired) electrons. The minimum absolute atomic E-state index is 0.181. The van der Waals surface area contributed by atoms with E-state index in [0.717, 1.165) is 12.8 Å². The third-order valence-electron chi connectivity index (χ3n) is 1.61. The van der Waals surface area contributed by atoms with Gasteiger partial charge >= 0.3 is 5.97 Å². The Labute approximate surface area is 76.8 Å². The van der Waals surface area contributed by atoms with E-state index in [1.54, 1.807) is 6.92 Å². The Balaban J connectivity index is 2.25. The van der Waals surface area contributed by atoms with Crippen LogP contribution in [0.1, 0.15) is 26.7 Å². The van der Waals surface area contributed by atoms with Crippen LogP contribution in [0, 0.1) is 0 Å². The van der Waals surface area contributed by atoms with Gasteiger partial charge in [0.15, 0.2) is 0 Å². The quantitative estimate of drug-likeness (QED) is 0.500. The van der Waals surface area contributed by atoms with E-state index in [-0.39, 0.29) is 5.97 Å². The van der Waals surface area contributed by atoms with Crippen LogP contribution in [0.4, 0.5) is 0 Å². The van der Waals surface area contributed by atoms with Gasteiger partial charge in [-0.2, -0.15) is 0 Å². The normalized spacial score (nSPS) is 29.0. The summed E-state index contributed by atoms with van der Waals surface area (Å²) in [7, 11) is 0. The molecule has 0 N–H and O–H groups in total. The molecule has 12 heavy (non-hydrogen) atoms. The van der Waals surface area contributed by atoms with Gasteiger partial charge in [0.1, 0.15) is 0 Å². The smallest absolute Gasteiger partial charge is 0.319 e. The molecule has 1 rings (SSSR count). The average Bonchev–Trinajstić information content (AvgIpc) is 2.32. The highest BCUT2D eigenvalue weighted by atomic mass is 32.2. The van der Waals surface area contributed by atoms with Gasteiger partial charge < -0.3 is 9.47 Å². The fourth-order valence-corrected chi connectivity index (χ4v) is 1.69. The first-order chi connectivity index (χ1) is 5.66. The number of unbranched alkanes of at least 4 members (excludes halogenated alkanes) is 1. The van der Waals surface area contributed by atoms with Gasteiger partial charge in [-0.05, 0) is 6.42 Å². The summed E-state index contributed by atoms with van der Waals surface area (Å²) >= 11 is 1.41. The summed E-state index contributed by atoms with van der Waals surface area (Å²) < 4.78 is 10.4. The lowest BCUT2D eigenvalue weighted by molar-refractivity contribution is -0.177. The van der Waals surface area contributed by atoms with Crippen molar-refractivity contribution in [1.29, 1.82) is 0 Å². The number of rotatable bonds is 4. The van der Waals surface area contributed by atoms with E-state index in [2.05, 4.69) is 6.92 Å². The Morgan fingerprint density at radius 3 is 3.00 bits per heavy atom. The lowest BCUT2D eigenvalue weighted by Crippen LogP contribution is -2.25. The summed E-state index contributed by atoms with van der Waals surface area (Å²) in [6, 6.07) is 0. The molecule has 0 aromatic rings. The molecule has 1 aliphatic rings. The van der Waals surface area contributed by atoms with Crippen molar-refractivity contribution in [3.8, 4) is 0 Å². The fraction of sp³-hybridized carbons (Fsp3) is 0.875. The third-order valence-corrected chi connectivity index (χ3v) is 2.72. The summed E-state index contributed by atoms with van der Waals surface area (Å²) in [5.41, 5.74) is 0. The average molecular weight is 190 g/mol. The van der Waals surface area contributed by atoms with Crippen LogP contribution in [0.5, 0.6) is 0 Å². The molecular weight excluding hydrogens is 176 g/mol. The van der Waals surface area contributed by atoms with Gasteiger partial charge in [0, 0.05) is 6.92 Å². The zero-order valence-electron chi connectivity index (χ0n) is 7.46. The van der Waals surface area contributed by atoms with Crippen LogP contribution in [0.3, 0.4) is 0 Å². The molecule has 4 heteroatoms. The van der Waals surface area contributed by atoms with Crippen molar-refractivity contribution >= 4 is 17.7 Å². The summed E-state index contributed by atoms with van der Waals surface area (Å²) in [4.78, 5) is 10.8. The molecule has 1 atom stereocenters. The number of thioether (sulfide) groups is 1. The largest absolute Gasteiger partial charge is 0.423 e. The number of carbonyl (C=O) groups excluding carboxylic acids is 1. The Bertz CT molecular complexity index is 172. The molecule has 1 fully saturated rings. The first-order valence-corrected chi connectivity index (χ1v) is 5.14. The number of esters is 1. The van der Waals surface area contributed by atoms with Crippen molar-refractivity contribution in [3.05, 3.63) is 0 Å². The van der Waals surface area contributed by atoms with Crippen LogP contribution in [-0.4, -0.2) is 23.4 Å². The summed E-state index contributed by atoms with van der Waals surface area (Å²) in [6.07, 6.45) is 2.10. The van der Waals surface area contributed by atoms with Crippen LogP contribution < -0.4 is 0 Å². The molecule has 1 unspecified atom stereocenters. The molecule has 1 aliphatic heterocycles. The fourth-order valence-electron chi connectivity index (χ4n) is 0.929. The van der Waals surface area contributed by atoms with Crippen LogP contribution >= 0.6 is 11.8 Å². The van der Waals surface area contributed by atoms with Crippen molar-refractivity contribution in [2.75, 3.05) is 12.4 Å². The molecule has 0 saturated carbocycles. The first-order valence-electron chi connectivity index (χ1n) is 4.16. The maximum atomic E-state index is 10.8. The second kappa shape index (κ2) is 4.14. The summed E-state index contributed by atoms with van der Waals surface area (Å²) in [5.74, 6) is 0.224. The Hall–Kier alpha value is -0.220. The molecule has 0 amide bonds. The number of carbonyl (C=O) groups is 1. The molecule has 0 spiro atoms. The molecule has 70 valence electrons. The minimum Gasteiger partial charge on any atom is -0.423 e. The van der Waals surface area contributed by atoms with Gasteiger partial charge in [0.2, 0.25) is 0 Å². The molecule has 0 bridgehead atoms. The Morgan fingerprint density at radius 2 is 2.50 bits per heavy atom. The van der Waals surface area contributed by atoms with E-state index in [1.807, 2.05) is 0 Å². The second-order valence-electron chi connectivity index (χ2n) is 2.83. The zero-order chi connectivity index (χ0) is 9.03. The van der Waals surface area contributed by atoms with Crippen molar-refractivity contribution in [3.63, 3.8) is 0 Å². The predicted molar refractivity (Wildman–Crippen MR) is 47.8 cm³/mol. The second-order valence-corrected chi connectivity index (χ2v) is 4.15. The summed E-state index contributed by atoms with van der Waals surface area (Å²) in [6.45, 7) is 4.55. The van der Waals surface area contributed by atoms with Crippen LogP contribution in [0.15, 0.2) is 0 Å². The molecule has 0 aromatic carbocycles. The number of hydrogen-bond acceptors (Lipinski definition) is 4. The van der Waals surface area contributed by atoms with E-state index in [4.69, 9.17) is 9.47 Å². The third kappa shape index (κ3) is 2.68. The van der Waals surface area contributed by atoms with E-state index in [0.29, 0.717) is 12.4 Å². The SMILES string of the molecule is CCCCOC1(C)OC(=O)CS1. The molecule has 1 saturated heterocycles. The number of ether oxygens (including phenoxy) is 2. The first kappa shape index (κ1) is 9.86. The van der Waals surface area contributed by atoms with E-state index >= 15 is 0 Å². The predicted octanol–water partition coefficient (Wildman–Crippen LogP) is 1.77. The van der Waals surface area contributed by atoms with E-state index < -0.39 is 5.12 Å². The van der Waals surface area contributed by atoms with Crippen LogP contribution in [-0.2, 0) is 14.3 Å². The maximum absolute atomic E-state index is 10.8. The molecule has 1 heterocycles. The van der Waals surface area contributed by atoms with E-state index in [1.165, 1.54) is 11.8 Å². The van der Waals surface area contributed by atoms with Gasteiger partial charge in [-0.25, -0.2) is 0 Å². The monoisotopic (exact) mass is 190 g/mol. The topological polar surface area (TPSA) is 35.5 Å². The highest BCUT2D eigenvalue weighted by Crippen LogP contribution is 2.34. The van der Waals surface area contributed by atoms with Crippen LogP contribution in [0.2, 0.25) is 0 Å². The van der Waals surface area contributed by atoms with E-state index in [9.17, 15) is 4.79 Å². The van der Waals surface area contributed by atoms with Gasteiger partial charge in [0.05, 0.1) is 12.4 Å². The highest BCUT2D eigenvalue weighted by molar-refractivity contribution is 8.01. The van der Waals surface area contributed by atoms with Gasteiger partial charge in [0.25, 0.3) is 5.12 Å². The molecular formula is C8H14O3S. The van der Waals surface area contributed by atoms with Gasteiger partial charge in [-0.1, -0.05) is 25.1 Å². The van der Waals surface area contributed by atoms with Gasteiger partial charge in [-0.3, -0.25) is 4.79 Å². The van der Waals surface area contributed by atoms with Crippen molar-refractivity contribution in [2.24, 2.45) is 0 Å². The Kier molecular flexibility index (Phi) is 3.40. The summed E-state index contributed by atoms with van der Waals surface area (Å²) in [5, 5.41) is -0.716. The molecule has 3 nitrogen and oxygen atoms in total. The zero-order valence-corrected chi connectivity index (χ0v) is 8.28. The lowest BCUT2D eigenvalue weighted by atomic mass is 10.4. The van der Waals surface area contributed by atoms with Crippen LogP contribution in [0.25, 0.3) is 0 Å². The van der Waals surface area contributed by atoms with Gasteiger partial charge in [-0.15, -0.1) is 0 Å². The molecule has 0 aliphatic carbocycles. The Morgan fingerprint density at radius 1 is 1.75 bits per heavy atom. The lowest BCUT2D eigenvalue weighted by Gasteiger charge is -2.21.